The number of aromatic nitrogens is 2. The van der Waals surface area contributed by atoms with Gasteiger partial charge in [0.05, 0.1) is 11.8 Å². The van der Waals surface area contributed by atoms with Crippen LogP contribution in [0.3, 0.4) is 0 Å². The Bertz CT molecular complexity index is 320. The largest absolute Gasteiger partial charge is 0.390 e. The molecule has 1 fully saturated rings. The smallest absolute Gasteiger partial charge is 0.122 e. The van der Waals surface area contributed by atoms with Crippen molar-refractivity contribution in [1.29, 1.82) is 0 Å². The highest BCUT2D eigenvalue weighted by atomic mass is 16.3. The van der Waals surface area contributed by atoms with Crippen LogP contribution in [-0.2, 0) is 6.54 Å². The Kier molecular flexibility index (Phi) is 3.07. The van der Waals surface area contributed by atoms with Crippen LogP contribution >= 0.6 is 0 Å². The van der Waals surface area contributed by atoms with E-state index >= 15 is 0 Å². The predicted octanol–water partition coefficient (Wildman–Crippen LogP) is 1.10. The van der Waals surface area contributed by atoms with Crippen LogP contribution in [0.5, 0.6) is 0 Å². The highest BCUT2D eigenvalue weighted by Gasteiger charge is 2.36. The lowest BCUT2D eigenvalue weighted by atomic mass is 10.1. The van der Waals surface area contributed by atoms with Crippen molar-refractivity contribution < 1.29 is 10.2 Å². The molecule has 1 heterocycles. The fourth-order valence-corrected chi connectivity index (χ4v) is 1.86. The van der Waals surface area contributed by atoms with E-state index < -0.39 is 12.2 Å². The summed E-state index contributed by atoms with van der Waals surface area (Å²) in [6.45, 7) is 2.85. The van der Waals surface area contributed by atoms with Crippen molar-refractivity contribution in [3.63, 3.8) is 0 Å². The maximum atomic E-state index is 9.98. The van der Waals surface area contributed by atoms with Crippen molar-refractivity contribution in [2.75, 3.05) is 0 Å². The Balaban J connectivity index is 2.09. The summed E-state index contributed by atoms with van der Waals surface area (Å²) in [4.78, 5) is 0. The molecule has 84 valence electrons. The van der Waals surface area contributed by atoms with Crippen LogP contribution in [0.15, 0.2) is 12.3 Å². The predicted molar refractivity (Wildman–Crippen MR) is 56.2 cm³/mol. The number of hydrogen-bond acceptors (Lipinski definition) is 3. The number of aryl methyl sites for hydroxylation is 1. The fourth-order valence-electron chi connectivity index (χ4n) is 1.86. The van der Waals surface area contributed by atoms with Gasteiger partial charge in [0.15, 0.2) is 0 Å². The Hall–Kier alpha value is -0.870. The zero-order valence-electron chi connectivity index (χ0n) is 9.00. The zero-order valence-corrected chi connectivity index (χ0v) is 9.00. The topological polar surface area (TPSA) is 58.3 Å². The number of rotatable bonds is 5. The molecule has 2 N–H and O–H groups in total. The summed E-state index contributed by atoms with van der Waals surface area (Å²) in [7, 11) is 0. The lowest BCUT2D eigenvalue weighted by Gasteiger charge is -2.18. The van der Waals surface area contributed by atoms with Crippen LogP contribution < -0.4 is 0 Å². The first-order valence-corrected chi connectivity index (χ1v) is 5.62. The summed E-state index contributed by atoms with van der Waals surface area (Å²) in [5.41, 5.74) is 0.733. The van der Waals surface area contributed by atoms with Gasteiger partial charge in [0.2, 0.25) is 0 Å². The van der Waals surface area contributed by atoms with Gasteiger partial charge in [-0.1, -0.05) is 6.92 Å². The molecule has 0 aromatic carbocycles. The molecule has 4 nitrogen and oxygen atoms in total. The molecule has 0 radical (unpaired) electrons. The van der Waals surface area contributed by atoms with Crippen molar-refractivity contribution in [2.24, 2.45) is 5.92 Å². The van der Waals surface area contributed by atoms with Gasteiger partial charge in [-0.15, -0.1) is 0 Å². The minimum Gasteiger partial charge on any atom is -0.390 e. The first kappa shape index (κ1) is 10.6. The maximum absolute atomic E-state index is 9.98. The molecule has 0 aliphatic heterocycles. The molecule has 1 aromatic rings. The van der Waals surface area contributed by atoms with Gasteiger partial charge in [-0.2, -0.15) is 5.10 Å². The van der Waals surface area contributed by atoms with Gasteiger partial charge in [-0.3, -0.25) is 4.68 Å². The summed E-state index contributed by atoms with van der Waals surface area (Å²) in [6.07, 6.45) is 3.29. The normalized spacial score (nSPS) is 20.2. The van der Waals surface area contributed by atoms with E-state index in [2.05, 4.69) is 12.0 Å². The number of hydrogen-bond donors (Lipinski definition) is 2. The van der Waals surface area contributed by atoms with Gasteiger partial charge in [0, 0.05) is 12.7 Å². The monoisotopic (exact) mass is 210 g/mol. The van der Waals surface area contributed by atoms with Crippen LogP contribution in [0.1, 0.15) is 38.0 Å². The van der Waals surface area contributed by atoms with E-state index in [-0.39, 0.29) is 5.92 Å². The molecule has 0 spiro atoms. The van der Waals surface area contributed by atoms with Gasteiger partial charge >= 0.3 is 0 Å². The van der Waals surface area contributed by atoms with Crippen molar-refractivity contribution in [1.82, 2.24) is 9.78 Å². The highest BCUT2D eigenvalue weighted by Crippen LogP contribution is 2.37. The highest BCUT2D eigenvalue weighted by molar-refractivity contribution is 5.08. The molecule has 4 heteroatoms. The van der Waals surface area contributed by atoms with Crippen molar-refractivity contribution in [3.8, 4) is 0 Å². The maximum Gasteiger partial charge on any atom is 0.122 e. The molecule has 2 atom stereocenters. The summed E-state index contributed by atoms with van der Waals surface area (Å²) in [5, 5.41) is 24.0. The second-order valence-electron chi connectivity index (χ2n) is 4.25. The van der Waals surface area contributed by atoms with Crippen molar-refractivity contribution in [3.05, 3.63) is 18.0 Å². The minimum absolute atomic E-state index is 0.282. The molecule has 2 rings (SSSR count). The van der Waals surface area contributed by atoms with E-state index in [9.17, 15) is 10.2 Å². The van der Waals surface area contributed by atoms with E-state index in [0.717, 1.165) is 31.5 Å². The van der Waals surface area contributed by atoms with Crippen LogP contribution in [0.25, 0.3) is 0 Å². The number of nitrogens with zero attached hydrogens (tertiary/aromatic N) is 2. The zero-order chi connectivity index (χ0) is 10.8. The SMILES string of the molecule is CCCn1nccc1C(O)C(O)C1CC1. The van der Waals surface area contributed by atoms with Crippen molar-refractivity contribution in [2.45, 2.75) is 44.9 Å². The van der Waals surface area contributed by atoms with Crippen LogP contribution in [0.4, 0.5) is 0 Å². The molecule has 1 aliphatic carbocycles. The van der Waals surface area contributed by atoms with E-state index in [0.29, 0.717) is 0 Å². The first-order chi connectivity index (χ1) is 7.24. The summed E-state index contributed by atoms with van der Waals surface area (Å²) < 4.78 is 1.77. The van der Waals surface area contributed by atoms with E-state index in [1.165, 1.54) is 0 Å². The first-order valence-electron chi connectivity index (χ1n) is 5.62. The second kappa shape index (κ2) is 4.33. The molecule has 1 aromatic heterocycles. The second-order valence-corrected chi connectivity index (χ2v) is 4.25. The van der Waals surface area contributed by atoms with E-state index in [1.807, 2.05) is 0 Å². The lowest BCUT2D eigenvalue weighted by Crippen LogP contribution is -2.23. The van der Waals surface area contributed by atoms with Gasteiger partial charge < -0.3 is 10.2 Å². The number of aliphatic hydroxyl groups excluding tert-OH is 2. The summed E-state index contributed by atoms with van der Waals surface area (Å²) in [5.74, 6) is 0.282. The van der Waals surface area contributed by atoms with Gasteiger partial charge in [0.1, 0.15) is 6.10 Å². The van der Waals surface area contributed by atoms with Gasteiger partial charge in [0.25, 0.3) is 0 Å². The number of aliphatic hydroxyl groups is 2. The molecule has 0 saturated heterocycles. The Morgan fingerprint density at radius 1 is 1.53 bits per heavy atom. The Labute approximate surface area is 89.5 Å². The quantitative estimate of drug-likeness (QED) is 0.765. The fraction of sp³-hybridized carbons (Fsp3) is 0.727. The third-order valence-electron chi connectivity index (χ3n) is 2.92. The molecule has 2 unspecified atom stereocenters. The van der Waals surface area contributed by atoms with Gasteiger partial charge in [-0.25, -0.2) is 0 Å². The molecular weight excluding hydrogens is 192 g/mol. The van der Waals surface area contributed by atoms with Crippen molar-refractivity contribution >= 4 is 0 Å². The lowest BCUT2D eigenvalue weighted by molar-refractivity contribution is -0.000218. The average Bonchev–Trinajstić information content (AvgIpc) is 2.98. The third kappa shape index (κ3) is 2.21. The molecule has 15 heavy (non-hydrogen) atoms. The molecular formula is C11H18N2O2. The molecule has 0 amide bonds. The minimum atomic E-state index is -0.786. The van der Waals surface area contributed by atoms with Crippen LogP contribution in [0, 0.1) is 5.92 Å². The Morgan fingerprint density at radius 2 is 2.27 bits per heavy atom. The molecule has 1 saturated carbocycles. The average molecular weight is 210 g/mol. The molecule has 0 bridgehead atoms. The molecule has 1 aliphatic rings. The van der Waals surface area contributed by atoms with E-state index in [4.69, 9.17) is 0 Å². The summed E-state index contributed by atoms with van der Waals surface area (Å²) >= 11 is 0. The van der Waals surface area contributed by atoms with E-state index in [1.54, 1.807) is 16.9 Å². The van der Waals surface area contributed by atoms with Crippen LogP contribution in [-0.4, -0.2) is 26.1 Å². The standard InChI is InChI=1S/C11H18N2O2/c1-2-7-13-9(5-6-12-13)11(15)10(14)8-3-4-8/h5-6,8,10-11,14-15H,2-4,7H2,1H3. The Morgan fingerprint density at radius 3 is 2.87 bits per heavy atom. The summed E-state index contributed by atoms with van der Waals surface area (Å²) in [6, 6.07) is 1.78. The van der Waals surface area contributed by atoms with Gasteiger partial charge in [-0.05, 0) is 31.2 Å². The van der Waals surface area contributed by atoms with Crippen LogP contribution in [0.2, 0.25) is 0 Å². The third-order valence-corrected chi connectivity index (χ3v) is 2.92.